The molecule has 2 nitrogen and oxygen atoms in total. The molecule has 0 fully saturated rings. The lowest BCUT2D eigenvalue weighted by Gasteiger charge is -2.05. The highest BCUT2D eigenvalue weighted by Gasteiger charge is 2.10. The summed E-state index contributed by atoms with van der Waals surface area (Å²) in [5.41, 5.74) is 4.50. The van der Waals surface area contributed by atoms with Gasteiger partial charge in [-0.3, -0.25) is 9.78 Å². The molecule has 0 saturated heterocycles. The Kier molecular flexibility index (Phi) is 4.10. The molecule has 0 spiro atoms. The van der Waals surface area contributed by atoms with Gasteiger partial charge in [-0.1, -0.05) is 37.6 Å². The van der Waals surface area contributed by atoms with Crippen molar-refractivity contribution in [2.75, 3.05) is 0 Å². The minimum atomic E-state index is 0.0663. The van der Waals surface area contributed by atoms with Crippen LogP contribution in [-0.4, -0.2) is 10.8 Å². The van der Waals surface area contributed by atoms with Gasteiger partial charge in [0, 0.05) is 22.5 Å². The van der Waals surface area contributed by atoms with Crippen LogP contribution in [0.3, 0.4) is 0 Å². The average Bonchev–Trinajstić information content (AvgIpc) is 2.38. The van der Waals surface area contributed by atoms with Crippen LogP contribution in [0, 0.1) is 13.8 Å². The van der Waals surface area contributed by atoms with Crippen LogP contribution in [0.2, 0.25) is 0 Å². The van der Waals surface area contributed by atoms with Crippen LogP contribution in [0.4, 0.5) is 0 Å². The molecule has 0 bridgehead atoms. The van der Waals surface area contributed by atoms with Crippen LogP contribution in [0.1, 0.15) is 46.2 Å². The minimum absolute atomic E-state index is 0.0663. The highest BCUT2D eigenvalue weighted by atomic mass is 16.1. The molecule has 0 aliphatic rings. The van der Waals surface area contributed by atoms with Gasteiger partial charge in [0.15, 0.2) is 5.78 Å². The fourth-order valence-electron chi connectivity index (χ4n) is 2.24. The summed E-state index contributed by atoms with van der Waals surface area (Å²) < 4.78 is 0. The lowest BCUT2D eigenvalue weighted by molar-refractivity contribution is 0.103. The van der Waals surface area contributed by atoms with Crippen molar-refractivity contribution in [1.29, 1.82) is 0 Å². The molecule has 0 unspecified atom stereocenters. The second-order valence-electron chi connectivity index (χ2n) is 4.91. The number of hydrogen-bond acceptors (Lipinski definition) is 2. The predicted molar refractivity (Wildman–Crippen MR) is 77.6 cm³/mol. The van der Waals surface area contributed by atoms with E-state index in [2.05, 4.69) is 11.9 Å². The third-order valence-corrected chi connectivity index (χ3v) is 3.10. The van der Waals surface area contributed by atoms with Crippen molar-refractivity contribution < 1.29 is 4.79 Å². The van der Waals surface area contributed by atoms with Gasteiger partial charge in [0.2, 0.25) is 0 Å². The summed E-state index contributed by atoms with van der Waals surface area (Å²) in [5, 5.41) is 0. The summed E-state index contributed by atoms with van der Waals surface area (Å²) in [5.74, 6) is 0.0663. The van der Waals surface area contributed by atoms with Gasteiger partial charge in [0.25, 0.3) is 0 Å². The Hall–Kier alpha value is -1.96. The second kappa shape index (κ2) is 5.79. The van der Waals surface area contributed by atoms with Gasteiger partial charge in [-0.05, 0) is 38.0 Å². The lowest BCUT2D eigenvalue weighted by atomic mass is 10.0. The van der Waals surface area contributed by atoms with E-state index >= 15 is 0 Å². The third-order valence-electron chi connectivity index (χ3n) is 3.10. The Morgan fingerprint density at radius 1 is 1.00 bits per heavy atom. The maximum absolute atomic E-state index is 12.4. The molecule has 1 aromatic carbocycles. The van der Waals surface area contributed by atoms with Crippen LogP contribution < -0.4 is 0 Å². The Morgan fingerprint density at radius 2 is 1.58 bits per heavy atom. The normalized spacial score (nSPS) is 10.5. The van der Waals surface area contributed by atoms with E-state index < -0.39 is 0 Å². The first kappa shape index (κ1) is 13.5. The summed E-state index contributed by atoms with van der Waals surface area (Å²) in [4.78, 5) is 16.7. The van der Waals surface area contributed by atoms with Crippen LogP contribution >= 0.6 is 0 Å². The topological polar surface area (TPSA) is 30.0 Å². The predicted octanol–water partition coefficient (Wildman–Crippen LogP) is 3.88. The van der Waals surface area contributed by atoms with Gasteiger partial charge in [0.05, 0.1) is 0 Å². The first-order valence-corrected chi connectivity index (χ1v) is 6.69. The zero-order valence-electron chi connectivity index (χ0n) is 11.7. The summed E-state index contributed by atoms with van der Waals surface area (Å²) in [6.07, 6.45) is 2.18. The fourth-order valence-corrected chi connectivity index (χ4v) is 2.24. The Labute approximate surface area is 114 Å². The van der Waals surface area contributed by atoms with Crippen molar-refractivity contribution in [3.8, 4) is 0 Å². The molecule has 0 aliphatic heterocycles. The largest absolute Gasteiger partial charge is 0.289 e. The lowest BCUT2D eigenvalue weighted by Crippen LogP contribution is -2.03. The van der Waals surface area contributed by atoms with Crippen LogP contribution in [-0.2, 0) is 6.42 Å². The van der Waals surface area contributed by atoms with E-state index in [4.69, 9.17) is 0 Å². The highest BCUT2D eigenvalue weighted by molar-refractivity contribution is 6.09. The van der Waals surface area contributed by atoms with Gasteiger partial charge in [-0.15, -0.1) is 0 Å². The Bertz CT molecular complexity index is 564. The van der Waals surface area contributed by atoms with E-state index in [0.717, 1.165) is 29.8 Å². The van der Waals surface area contributed by atoms with Gasteiger partial charge >= 0.3 is 0 Å². The number of nitrogens with zero attached hydrogens (tertiary/aromatic N) is 1. The van der Waals surface area contributed by atoms with E-state index in [1.54, 1.807) is 0 Å². The van der Waals surface area contributed by atoms with Crippen molar-refractivity contribution >= 4 is 5.78 Å². The van der Waals surface area contributed by atoms with Gasteiger partial charge in [-0.2, -0.15) is 0 Å². The molecule has 1 aromatic heterocycles. The Morgan fingerprint density at radius 3 is 2.11 bits per heavy atom. The molecule has 2 heteroatoms. The molecular formula is C17H19NO. The number of carbonyl (C=O) groups excluding carboxylic acids is 1. The number of hydrogen-bond donors (Lipinski definition) is 0. The molecule has 0 amide bonds. The number of ketones is 1. The number of aryl methyl sites for hydroxylation is 3. The maximum atomic E-state index is 12.4. The number of aromatic nitrogens is 1. The van der Waals surface area contributed by atoms with Crippen molar-refractivity contribution in [2.24, 2.45) is 0 Å². The van der Waals surface area contributed by atoms with Gasteiger partial charge in [-0.25, -0.2) is 0 Å². The average molecular weight is 253 g/mol. The van der Waals surface area contributed by atoms with Crippen molar-refractivity contribution in [3.63, 3.8) is 0 Å². The highest BCUT2D eigenvalue weighted by Crippen LogP contribution is 2.13. The maximum Gasteiger partial charge on any atom is 0.193 e. The second-order valence-corrected chi connectivity index (χ2v) is 4.91. The smallest absolute Gasteiger partial charge is 0.193 e. The van der Waals surface area contributed by atoms with Crippen LogP contribution in [0.5, 0.6) is 0 Å². The van der Waals surface area contributed by atoms with Gasteiger partial charge < -0.3 is 0 Å². The molecule has 0 saturated carbocycles. The Balaban J connectivity index is 2.28. The standard InChI is InChI=1S/C17H19NO/c1-4-5-14-6-8-15(9-7-14)17(19)16-10-12(2)18-13(3)11-16/h6-11H,4-5H2,1-3H3. The molecule has 98 valence electrons. The number of rotatable bonds is 4. The van der Waals surface area contributed by atoms with Crippen molar-refractivity contribution in [2.45, 2.75) is 33.6 Å². The minimum Gasteiger partial charge on any atom is -0.289 e. The number of benzene rings is 1. The molecule has 19 heavy (non-hydrogen) atoms. The summed E-state index contributed by atoms with van der Waals surface area (Å²) >= 11 is 0. The first-order chi connectivity index (χ1) is 9.10. The zero-order valence-corrected chi connectivity index (χ0v) is 11.7. The molecule has 2 rings (SSSR count). The summed E-state index contributed by atoms with van der Waals surface area (Å²) in [7, 11) is 0. The third kappa shape index (κ3) is 3.28. The molecular weight excluding hydrogens is 234 g/mol. The van der Waals surface area contributed by atoms with E-state index in [1.165, 1.54) is 5.56 Å². The number of carbonyl (C=O) groups is 1. The van der Waals surface area contributed by atoms with E-state index in [0.29, 0.717) is 5.56 Å². The van der Waals surface area contributed by atoms with Crippen molar-refractivity contribution in [3.05, 3.63) is 64.5 Å². The molecule has 0 radical (unpaired) electrons. The molecule has 0 N–H and O–H groups in total. The molecule has 0 atom stereocenters. The van der Waals surface area contributed by atoms with E-state index in [-0.39, 0.29) is 5.78 Å². The monoisotopic (exact) mass is 253 g/mol. The summed E-state index contributed by atoms with van der Waals surface area (Å²) in [6, 6.07) is 11.6. The van der Waals surface area contributed by atoms with Crippen molar-refractivity contribution in [1.82, 2.24) is 4.98 Å². The zero-order chi connectivity index (χ0) is 13.8. The van der Waals surface area contributed by atoms with Gasteiger partial charge in [0.1, 0.15) is 0 Å². The van der Waals surface area contributed by atoms with Crippen LogP contribution in [0.25, 0.3) is 0 Å². The van der Waals surface area contributed by atoms with E-state index in [9.17, 15) is 4.79 Å². The quantitative estimate of drug-likeness (QED) is 0.774. The molecule has 1 heterocycles. The molecule has 2 aromatic rings. The van der Waals surface area contributed by atoms with E-state index in [1.807, 2.05) is 50.2 Å². The fraction of sp³-hybridized carbons (Fsp3) is 0.294. The molecule has 0 aliphatic carbocycles. The SMILES string of the molecule is CCCc1ccc(C(=O)c2cc(C)nc(C)c2)cc1. The number of pyridine rings is 1. The first-order valence-electron chi connectivity index (χ1n) is 6.69. The van der Waals surface area contributed by atoms with Crippen LogP contribution in [0.15, 0.2) is 36.4 Å². The summed E-state index contributed by atoms with van der Waals surface area (Å²) in [6.45, 7) is 5.98.